The van der Waals surface area contributed by atoms with Gasteiger partial charge in [-0.1, -0.05) is 18.2 Å². The summed E-state index contributed by atoms with van der Waals surface area (Å²) in [7, 11) is 0. The van der Waals surface area contributed by atoms with Crippen molar-refractivity contribution in [2.24, 2.45) is 0 Å². The topological polar surface area (TPSA) is 54.1 Å². The molecule has 0 spiro atoms. The highest BCUT2D eigenvalue weighted by Crippen LogP contribution is 2.16. The average Bonchev–Trinajstić information content (AvgIpc) is 2.39. The molecule has 0 aliphatic carbocycles. The van der Waals surface area contributed by atoms with Gasteiger partial charge in [0, 0.05) is 17.6 Å². The first-order valence-corrected chi connectivity index (χ1v) is 5.78. The van der Waals surface area contributed by atoms with E-state index in [0.29, 0.717) is 13.2 Å². The summed E-state index contributed by atoms with van der Waals surface area (Å²) in [6.07, 6.45) is 0. The van der Waals surface area contributed by atoms with Crippen LogP contribution in [0.4, 0.5) is 0 Å². The third-order valence-electron chi connectivity index (χ3n) is 3.08. The molecule has 0 amide bonds. The van der Waals surface area contributed by atoms with Crippen molar-refractivity contribution in [1.29, 1.82) is 0 Å². The quantitative estimate of drug-likeness (QED) is 0.773. The molecule has 1 aromatic carbocycles. The zero-order chi connectivity index (χ0) is 11.7. The zero-order valence-electron chi connectivity index (χ0n) is 9.40. The van der Waals surface area contributed by atoms with Gasteiger partial charge in [-0.25, -0.2) is 0 Å². The fourth-order valence-corrected chi connectivity index (χ4v) is 2.19. The van der Waals surface area contributed by atoms with Gasteiger partial charge < -0.3 is 15.0 Å². The van der Waals surface area contributed by atoms with Crippen molar-refractivity contribution in [2.75, 3.05) is 19.8 Å². The second-order valence-electron chi connectivity index (χ2n) is 4.22. The van der Waals surface area contributed by atoms with Crippen LogP contribution in [0.2, 0.25) is 0 Å². The van der Waals surface area contributed by atoms with E-state index in [1.165, 1.54) is 0 Å². The smallest absolute Gasteiger partial charge is 0.253 e. The van der Waals surface area contributed by atoms with Crippen molar-refractivity contribution in [1.82, 2.24) is 10.3 Å². The molecule has 1 fully saturated rings. The highest BCUT2D eigenvalue weighted by atomic mass is 16.5. The SMILES string of the molecule is O=c1[nH]c2ccccc2cc1C1COCCN1. The van der Waals surface area contributed by atoms with Crippen LogP contribution in [0, 0.1) is 0 Å². The molecule has 17 heavy (non-hydrogen) atoms. The number of rotatable bonds is 1. The molecule has 88 valence electrons. The van der Waals surface area contributed by atoms with E-state index < -0.39 is 0 Å². The molecule has 1 aliphatic heterocycles. The van der Waals surface area contributed by atoms with Gasteiger partial charge in [0.2, 0.25) is 0 Å². The lowest BCUT2D eigenvalue weighted by Gasteiger charge is -2.23. The summed E-state index contributed by atoms with van der Waals surface area (Å²) >= 11 is 0. The molecule has 1 aromatic heterocycles. The van der Waals surface area contributed by atoms with E-state index in [-0.39, 0.29) is 11.6 Å². The highest BCUT2D eigenvalue weighted by molar-refractivity contribution is 5.78. The van der Waals surface area contributed by atoms with E-state index in [2.05, 4.69) is 10.3 Å². The van der Waals surface area contributed by atoms with E-state index in [4.69, 9.17) is 4.74 Å². The van der Waals surface area contributed by atoms with Crippen molar-refractivity contribution in [2.45, 2.75) is 6.04 Å². The first-order valence-electron chi connectivity index (χ1n) is 5.78. The molecule has 2 heterocycles. The maximum atomic E-state index is 12.0. The third-order valence-corrected chi connectivity index (χ3v) is 3.08. The van der Waals surface area contributed by atoms with Gasteiger partial charge in [-0.05, 0) is 17.5 Å². The molecule has 1 aliphatic rings. The monoisotopic (exact) mass is 230 g/mol. The lowest BCUT2D eigenvalue weighted by molar-refractivity contribution is 0.0765. The largest absolute Gasteiger partial charge is 0.378 e. The molecule has 2 N–H and O–H groups in total. The van der Waals surface area contributed by atoms with Gasteiger partial charge in [-0.3, -0.25) is 4.79 Å². The number of benzene rings is 1. The van der Waals surface area contributed by atoms with Gasteiger partial charge in [0.25, 0.3) is 5.56 Å². The molecule has 1 unspecified atom stereocenters. The summed E-state index contributed by atoms with van der Waals surface area (Å²) < 4.78 is 5.39. The van der Waals surface area contributed by atoms with Crippen LogP contribution in [-0.2, 0) is 4.74 Å². The molecule has 2 aromatic rings. The lowest BCUT2D eigenvalue weighted by atomic mass is 10.1. The number of hydrogen-bond donors (Lipinski definition) is 2. The Morgan fingerprint density at radius 1 is 1.29 bits per heavy atom. The van der Waals surface area contributed by atoms with Crippen LogP contribution in [0.5, 0.6) is 0 Å². The number of nitrogens with one attached hydrogen (secondary N) is 2. The van der Waals surface area contributed by atoms with E-state index in [9.17, 15) is 4.79 Å². The molecular formula is C13H14N2O2. The summed E-state index contributed by atoms with van der Waals surface area (Å²) in [5.41, 5.74) is 1.59. The van der Waals surface area contributed by atoms with Crippen LogP contribution in [0.3, 0.4) is 0 Å². The normalized spacial score (nSPS) is 20.6. The van der Waals surface area contributed by atoms with Crippen molar-refractivity contribution in [3.63, 3.8) is 0 Å². The van der Waals surface area contributed by atoms with Crippen LogP contribution in [0.25, 0.3) is 10.9 Å². The molecule has 4 nitrogen and oxygen atoms in total. The number of morpholine rings is 1. The number of fused-ring (bicyclic) bond motifs is 1. The second kappa shape index (κ2) is 4.31. The van der Waals surface area contributed by atoms with Gasteiger partial charge in [-0.2, -0.15) is 0 Å². The van der Waals surface area contributed by atoms with Crippen molar-refractivity contribution in [3.8, 4) is 0 Å². The Morgan fingerprint density at radius 2 is 2.18 bits per heavy atom. The fraction of sp³-hybridized carbons (Fsp3) is 0.308. The average molecular weight is 230 g/mol. The molecule has 1 atom stereocenters. The Bertz CT molecular complexity index is 585. The summed E-state index contributed by atoms with van der Waals surface area (Å²) in [6.45, 7) is 2.06. The molecule has 0 radical (unpaired) electrons. The number of hydrogen-bond acceptors (Lipinski definition) is 3. The predicted molar refractivity (Wildman–Crippen MR) is 66.1 cm³/mol. The van der Waals surface area contributed by atoms with Crippen molar-refractivity contribution >= 4 is 10.9 Å². The predicted octanol–water partition coefficient (Wildman–Crippen LogP) is 1.19. The highest BCUT2D eigenvalue weighted by Gasteiger charge is 2.18. The van der Waals surface area contributed by atoms with Crippen LogP contribution in [0.15, 0.2) is 35.1 Å². The molecule has 1 saturated heterocycles. The second-order valence-corrected chi connectivity index (χ2v) is 4.22. The molecule has 0 bridgehead atoms. The maximum Gasteiger partial charge on any atom is 0.253 e. The van der Waals surface area contributed by atoms with E-state index in [1.807, 2.05) is 30.3 Å². The summed E-state index contributed by atoms with van der Waals surface area (Å²) in [4.78, 5) is 14.9. The minimum atomic E-state index is -0.0355. The van der Waals surface area contributed by atoms with E-state index in [0.717, 1.165) is 23.0 Å². The first kappa shape index (κ1) is 10.5. The van der Waals surface area contributed by atoms with E-state index >= 15 is 0 Å². The number of ether oxygens (including phenoxy) is 1. The number of aromatic nitrogens is 1. The molecule has 3 rings (SSSR count). The molecule has 0 saturated carbocycles. The third kappa shape index (κ3) is 1.97. The van der Waals surface area contributed by atoms with Gasteiger partial charge in [0.05, 0.1) is 19.3 Å². The Kier molecular flexibility index (Phi) is 2.66. The number of pyridine rings is 1. The Balaban J connectivity index is 2.09. The van der Waals surface area contributed by atoms with Crippen LogP contribution in [0.1, 0.15) is 11.6 Å². The van der Waals surface area contributed by atoms with Gasteiger partial charge in [-0.15, -0.1) is 0 Å². The Labute approximate surface area is 98.6 Å². The zero-order valence-corrected chi connectivity index (χ0v) is 9.40. The number of para-hydroxylation sites is 1. The standard InChI is InChI=1S/C13H14N2O2/c16-13-10(12-8-17-6-5-14-12)7-9-3-1-2-4-11(9)15-13/h1-4,7,12,14H,5-6,8H2,(H,15,16). The van der Waals surface area contributed by atoms with Crippen molar-refractivity contribution < 1.29 is 4.74 Å². The summed E-state index contributed by atoms with van der Waals surface area (Å²) in [6, 6.07) is 9.73. The van der Waals surface area contributed by atoms with E-state index in [1.54, 1.807) is 0 Å². The Hall–Kier alpha value is -1.65. The summed E-state index contributed by atoms with van der Waals surface area (Å²) in [5.74, 6) is 0. The van der Waals surface area contributed by atoms with Crippen LogP contribution >= 0.6 is 0 Å². The van der Waals surface area contributed by atoms with Crippen molar-refractivity contribution in [3.05, 3.63) is 46.2 Å². The molecular weight excluding hydrogens is 216 g/mol. The minimum absolute atomic E-state index is 0.00268. The lowest BCUT2D eigenvalue weighted by Crippen LogP contribution is -2.37. The Morgan fingerprint density at radius 3 is 3.00 bits per heavy atom. The van der Waals surface area contributed by atoms with Gasteiger partial charge in [0.1, 0.15) is 0 Å². The number of aromatic amines is 1. The van der Waals surface area contributed by atoms with Gasteiger partial charge >= 0.3 is 0 Å². The molecule has 4 heteroatoms. The summed E-state index contributed by atoms with van der Waals surface area (Å²) in [5, 5.41) is 4.35. The van der Waals surface area contributed by atoms with Crippen LogP contribution in [-0.4, -0.2) is 24.7 Å². The fourth-order valence-electron chi connectivity index (χ4n) is 2.19. The minimum Gasteiger partial charge on any atom is -0.378 e. The van der Waals surface area contributed by atoms with Gasteiger partial charge in [0.15, 0.2) is 0 Å². The maximum absolute atomic E-state index is 12.0. The first-order chi connectivity index (χ1) is 8.34. The number of H-pyrrole nitrogens is 1. The van der Waals surface area contributed by atoms with Crippen LogP contribution < -0.4 is 10.9 Å².